The minimum atomic E-state index is 0.650. The van der Waals surface area contributed by atoms with E-state index in [1.807, 2.05) is 24.3 Å². The van der Waals surface area contributed by atoms with Gasteiger partial charge in [0.1, 0.15) is 0 Å². The van der Waals surface area contributed by atoms with Crippen LogP contribution in [0.5, 0.6) is 0 Å². The third kappa shape index (κ3) is 3.92. The first-order valence-corrected chi connectivity index (χ1v) is 15.9. The molecule has 0 aliphatic carbocycles. The Labute approximate surface area is 270 Å². The van der Waals surface area contributed by atoms with Gasteiger partial charge in [-0.3, -0.25) is 0 Å². The Bertz CT molecular complexity index is 2780. The second kappa shape index (κ2) is 10.1. The van der Waals surface area contributed by atoms with Gasteiger partial charge in [-0.2, -0.15) is 0 Å². The van der Waals surface area contributed by atoms with Gasteiger partial charge in [0, 0.05) is 38.2 Å². The Kier molecular flexibility index (Phi) is 5.54. The molecule has 0 fully saturated rings. The molecule has 0 saturated carbocycles. The van der Waals surface area contributed by atoms with E-state index in [1.54, 1.807) is 0 Å². The average Bonchev–Trinajstić information content (AvgIpc) is 3.49. The second-order valence-corrected chi connectivity index (χ2v) is 12.0. The van der Waals surface area contributed by atoms with Crippen molar-refractivity contribution in [2.75, 3.05) is 0 Å². The Balaban J connectivity index is 1.31. The van der Waals surface area contributed by atoms with E-state index in [2.05, 4.69) is 138 Å². The van der Waals surface area contributed by atoms with E-state index in [0.717, 1.165) is 27.8 Å². The number of pyridine rings is 1. The van der Waals surface area contributed by atoms with Crippen LogP contribution in [0, 0.1) is 0 Å². The molecule has 3 heterocycles. The fraction of sp³-hybridized carbons (Fsp3) is 0. The number of hydrogen-bond donors (Lipinski definition) is 0. The van der Waals surface area contributed by atoms with Crippen molar-refractivity contribution in [3.8, 4) is 45.3 Å². The standard InChI is InChI=1S/C43H26N4/c1-3-13-27(14-4-1)31-19-7-8-21-34(31)43-45-41(29-15-5-2-6-16-29)44-42(46-43)30-25-35-32-20-9-10-23-37(32)47-38-24-12-18-28-17-11-22-33(39(28)38)36(26-30)40(35)47/h1-26H. The van der Waals surface area contributed by atoms with E-state index in [0.29, 0.717) is 17.5 Å². The van der Waals surface area contributed by atoms with Gasteiger partial charge in [-0.15, -0.1) is 0 Å². The van der Waals surface area contributed by atoms with E-state index < -0.39 is 0 Å². The third-order valence-electron chi connectivity index (χ3n) is 9.36. The first kappa shape index (κ1) is 25.9. The molecule has 7 aromatic carbocycles. The Morgan fingerprint density at radius 2 is 0.915 bits per heavy atom. The minimum Gasteiger partial charge on any atom is -0.308 e. The molecule has 0 saturated heterocycles. The zero-order valence-electron chi connectivity index (χ0n) is 25.3. The Morgan fingerprint density at radius 1 is 0.362 bits per heavy atom. The molecular formula is C43H26N4. The summed E-state index contributed by atoms with van der Waals surface area (Å²) in [5.41, 5.74) is 8.72. The third-order valence-corrected chi connectivity index (χ3v) is 9.36. The highest BCUT2D eigenvalue weighted by molar-refractivity contribution is 6.27. The highest BCUT2D eigenvalue weighted by atomic mass is 15.0. The van der Waals surface area contributed by atoms with Crippen LogP contribution in [0.1, 0.15) is 0 Å². The van der Waals surface area contributed by atoms with Crippen LogP contribution in [0.15, 0.2) is 158 Å². The molecule has 218 valence electrons. The molecule has 10 aromatic rings. The number of rotatable bonds is 4. The molecule has 0 radical (unpaired) electrons. The average molecular weight is 599 g/mol. The summed E-state index contributed by atoms with van der Waals surface area (Å²) in [5, 5.41) is 7.31. The van der Waals surface area contributed by atoms with Gasteiger partial charge < -0.3 is 4.40 Å². The summed E-state index contributed by atoms with van der Waals surface area (Å²) in [6, 6.07) is 55.4. The summed E-state index contributed by atoms with van der Waals surface area (Å²) < 4.78 is 2.43. The number of para-hydroxylation sites is 1. The number of aromatic nitrogens is 4. The van der Waals surface area contributed by atoms with Crippen LogP contribution >= 0.6 is 0 Å². The molecule has 47 heavy (non-hydrogen) atoms. The summed E-state index contributed by atoms with van der Waals surface area (Å²) in [4.78, 5) is 15.5. The van der Waals surface area contributed by atoms with Crippen LogP contribution in [0.4, 0.5) is 0 Å². The van der Waals surface area contributed by atoms with Crippen LogP contribution in [0.2, 0.25) is 0 Å². The quantitative estimate of drug-likeness (QED) is 0.149. The fourth-order valence-electron chi connectivity index (χ4n) is 7.30. The number of fused-ring (bicyclic) bond motifs is 5. The van der Waals surface area contributed by atoms with Gasteiger partial charge >= 0.3 is 0 Å². The maximum Gasteiger partial charge on any atom is 0.164 e. The molecule has 0 atom stereocenters. The molecule has 0 amide bonds. The maximum atomic E-state index is 5.24. The highest BCUT2D eigenvalue weighted by Gasteiger charge is 2.21. The normalized spacial score (nSPS) is 11.8. The van der Waals surface area contributed by atoms with E-state index in [4.69, 9.17) is 15.0 Å². The highest BCUT2D eigenvalue weighted by Crippen LogP contribution is 2.42. The molecule has 0 bridgehead atoms. The van der Waals surface area contributed by atoms with Gasteiger partial charge in [-0.25, -0.2) is 15.0 Å². The molecule has 0 spiro atoms. The summed E-state index contributed by atoms with van der Waals surface area (Å²) in [6.45, 7) is 0. The van der Waals surface area contributed by atoms with E-state index in [9.17, 15) is 0 Å². The number of benzene rings is 7. The lowest BCUT2D eigenvalue weighted by Crippen LogP contribution is -2.01. The molecule has 0 unspecified atom stereocenters. The van der Waals surface area contributed by atoms with Crippen molar-refractivity contribution in [1.82, 2.24) is 19.4 Å². The summed E-state index contributed by atoms with van der Waals surface area (Å²) in [6.07, 6.45) is 0. The van der Waals surface area contributed by atoms with Crippen LogP contribution in [0.25, 0.3) is 94.2 Å². The van der Waals surface area contributed by atoms with Gasteiger partial charge in [-0.05, 0) is 46.2 Å². The number of nitrogens with zero attached hydrogens (tertiary/aromatic N) is 4. The van der Waals surface area contributed by atoms with Gasteiger partial charge in [0.25, 0.3) is 0 Å². The fourth-order valence-corrected chi connectivity index (χ4v) is 7.30. The van der Waals surface area contributed by atoms with Gasteiger partial charge in [0.15, 0.2) is 17.5 Å². The molecule has 0 aliphatic rings. The zero-order chi connectivity index (χ0) is 30.9. The van der Waals surface area contributed by atoms with Gasteiger partial charge in [-0.1, -0.05) is 133 Å². The van der Waals surface area contributed by atoms with Crippen LogP contribution in [0.3, 0.4) is 0 Å². The molecule has 10 rings (SSSR count). The van der Waals surface area contributed by atoms with Crippen molar-refractivity contribution in [2.24, 2.45) is 0 Å². The molecule has 4 nitrogen and oxygen atoms in total. The van der Waals surface area contributed by atoms with Crippen LogP contribution in [-0.2, 0) is 0 Å². The molecule has 3 aromatic heterocycles. The maximum absolute atomic E-state index is 5.24. The first-order chi connectivity index (χ1) is 23.3. The van der Waals surface area contributed by atoms with Crippen molar-refractivity contribution in [1.29, 1.82) is 0 Å². The predicted octanol–water partition coefficient (Wildman–Crippen LogP) is 10.8. The van der Waals surface area contributed by atoms with Gasteiger partial charge in [0.2, 0.25) is 0 Å². The SMILES string of the molecule is c1ccc(-c2nc(-c3cc4c5cccc6cccc(c65)n5c6ccccc6c(c3)c45)nc(-c3ccccc3-c3ccccc3)n2)cc1. The summed E-state index contributed by atoms with van der Waals surface area (Å²) in [7, 11) is 0. The van der Waals surface area contributed by atoms with E-state index >= 15 is 0 Å². The van der Waals surface area contributed by atoms with E-state index in [1.165, 1.54) is 48.9 Å². The predicted molar refractivity (Wildman–Crippen MR) is 194 cm³/mol. The molecule has 4 heteroatoms. The van der Waals surface area contributed by atoms with Crippen molar-refractivity contribution in [2.45, 2.75) is 0 Å². The van der Waals surface area contributed by atoms with Gasteiger partial charge in [0.05, 0.1) is 16.6 Å². The lowest BCUT2D eigenvalue weighted by atomic mass is 9.97. The van der Waals surface area contributed by atoms with Crippen molar-refractivity contribution < 1.29 is 0 Å². The summed E-state index contributed by atoms with van der Waals surface area (Å²) >= 11 is 0. The molecular weight excluding hydrogens is 573 g/mol. The largest absolute Gasteiger partial charge is 0.308 e. The first-order valence-electron chi connectivity index (χ1n) is 15.9. The lowest BCUT2D eigenvalue weighted by molar-refractivity contribution is 1.08. The van der Waals surface area contributed by atoms with E-state index in [-0.39, 0.29) is 0 Å². The monoisotopic (exact) mass is 598 g/mol. The Hall–Kier alpha value is -6.39. The summed E-state index contributed by atoms with van der Waals surface area (Å²) in [5.74, 6) is 1.95. The minimum absolute atomic E-state index is 0.650. The smallest absolute Gasteiger partial charge is 0.164 e. The zero-order valence-corrected chi connectivity index (χ0v) is 25.3. The van der Waals surface area contributed by atoms with Crippen LogP contribution < -0.4 is 0 Å². The molecule has 0 aliphatic heterocycles. The van der Waals surface area contributed by atoms with Crippen molar-refractivity contribution >= 4 is 48.9 Å². The molecule has 0 N–H and O–H groups in total. The topological polar surface area (TPSA) is 43.1 Å². The lowest BCUT2D eigenvalue weighted by Gasteiger charge is -2.15. The number of hydrogen-bond acceptors (Lipinski definition) is 3. The second-order valence-electron chi connectivity index (χ2n) is 12.0. The van der Waals surface area contributed by atoms with Crippen molar-refractivity contribution in [3.63, 3.8) is 0 Å². The Morgan fingerprint density at radius 3 is 1.70 bits per heavy atom. The van der Waals surface area contributed by atoms with Crippen LogP contribution in [-0.4, -0.2) is 19.4 Å². The van der Waals surface area contributed by atoms with Crippen molar-refractivity contribution in [3.05, 3.63) is 158 Å².